The molecule has 118 valence electrons. The van der Waals surface area contributed by atoms with Gasteiger partial charge in [0.15, 0.2) is 5.78 Å². The Labute approximate surface area is 127 Å². The predicted octanol–water partition coefficient (Wildman–Crippen LogP) is 3.48. The molecule has 1 aromatic heterocycles. The smallest absolute Gasteiger partial charge is 0.417 e. The number of H-pyrrole nitrogens is 1. The molecule has 8 heteroatoms. The normalized spacial score (nSPS) is 11.7. The van der Waals surface area contributed by atoms with Crippen LogP contribution in [0.25, 0.3) is 10.9 Å². The highest BCUT2D eigenvalue weighted by molar-refractivity contribution is 7.98. The second-order valence-corrected chi connectivity index (χ2v) is 5.30. The van der Waals surface area contributed by atoms with E-state index in [0.29, 0.717) is 0 Å². The van der Waals surface area contributed by atoms with Gasteiger partial charge in [0.05, 0.1) is 34.2 Å². The minimum atomic E-state index is -4.72. The molecule has 1 heterocycles. The number of aromatic nitrogens is 1. The summed E-state index contributed by atoms with van der Waals surface area (Å²) in [6, 6.07) is 1.91. The molecule has 0 spiro atoms. The Hall–Kier alpha value is -1.96. The number of ether oxygens (including phenoxy) is 1. The number of fused-ring (bicyclic) bond motifs is 1. The van der Waals surface area contributed by atoms with E-state index in [-0.39, 0.29) is 21.9 Å². The zero-order chi connectivity index (χ0) is 16.7. The van der Waals surface area contributed by atoms with Crippen molar-refractivity contribution < 1.29 is 22.7 Å². The second kappa shape index (κ2) is 5.68. The van der Waals surface area contributed by atoms with Crippen molar-refractivity contribution in [2.75, 3.05) is 13.4 Å². The van der Waals surface area contributed by atoms with Crippen LogP contribution in [-0.2, 0) is 6.18 Å². The Bertz CT molecular complexity index is 812. The molecule has 1 aromatic carbocycles. The van der Waals surface area contributed by atoms with Crippen molar-refractivity contribution in [1.29, 1.82) is 0 Å². The van der Waals surface area contributed by atoms with Crippen molar-refractivity contribution in [3.05, 3.63) is 33.5 Å². The maximum atomic E-state index is 13.2. The molecule has 0 aliphatic heterocycles. The number of methoxy groups -OCH3 is 1. The van der Waals surface area contributed by atoms with Gasteiger partial charge in [-0.25, -0.2) is 0 Å². The molecule has 22 heavy (non-hydrogen) atoms. The fraction of sp³-hybridized carbons (Fsp3) is 0.286. The van der Waals surface area contributed by atoms with Gasteiger partial charge >= 0.3 is 6.18 Å². The molecule has 0 saturated carbocycles. The molecule has 0 aliphatic carbocycles. The highest BCUT2D eigenvalue weighted by Gasteiger charge is 2.35. The Balaban J connectivity index is 3.09. The fourth-order valence-electron chi connectivity index (χ4n) is 2.23. The molecule has 0 fully saturated rings. The lowest BCUT2D eigenvalue weighted by Gasteiger charge is -2.15. The molecule has 1 N–H and O–H groups in total. The molecule has 0 radical (unpaired) electrons. The summed E-state index contributed by atoms with van der Waals surface area (Å²) < 4.78 is 44.5. The summed E-state index contributed by atoms with van der Waals surface area (Å²) in [6.45, 7) is 1.14. The van der Waals surface area contributed by atoms with E-state index in [1.54, 1.807) is 6.26 Å². The number of ketones is 1. The number of thioether (sulfide) groups is 1. The average Bonchev–Trinajstić information content (AvgIpc) is 2.44. The number of hydrogen-bond donors (Lipinski definition) is 1. The first kappa shape index (κ1) is 16.4. The highest BCUT2D eigenvalue weighted by atomic mass is 32.2. The van der Waals surface area contributed by atoms with E-state index in [0.717, 1.165) is 30.8 Å². The summed E-state index contributed by atoms with van der Waals surface area (Å²) >= 11 is 1.07. The third kappa shape index (κ3) is 2.58. The summed E-state index contributed by atoms with van der Waals surface area (Å²) in [6.07, 6.45) is -3.10. The summed E-state index contributed by atoms with van der Waals surface area (Å²) in [7, 11) is 1.29. The van der Waals surface area contributed by atoms with Crippen LogP contribution in [0.4, 0.5) is 13.2 Å². The number of rotatable bonds is 3. The molecule has 2 aromatic rings. The number of aromatic amines is 1. The van der Waals surface area contributed by atoms with Gasteiger partial charge in [-0.2, -0.15) is 13.2 Å². The largest absolute Gasteiger partial charge is 0.495 e. The van der Waals surface area contributed by atoms with Gasteiger partial charge in [-0.05, 0) is 25.3 Å². The van der Waals surface area contributed by atoms with E-state index in [4.69, 9.17) is 4.74 Å². The van der Waals surface area contributed by atoms with Gasteiger partial charge in [0.1, 0.15) is 5.75 Å². The number of halogens is 3. The van der Waals surface area contributed by atoms with Crippen LogP contribution in [-0.4, -0.2) is 24.1 Å². The van der Waals surface area contributed by atoms with Crippen molar-refractivity contribution in [3.8, 4) is 5.75 Å². The molecule has 0 unspecified atom stereocenters. The van der Waals surface area contributed by atoms with Gasteiger partial charge in [0.2, 0.25) is 5.43 Å². The van der Waals surface area contributed by atoms with Crippen LogP contribution in [0.1, 0.15) is 22.8 Å². The zero-order valence-electron chi connectivity index (χ0n) is 11.9. The van der Waals surface area contributed by atoms with E-state index in [2.05, 4.69) is 4.98 Å². The Morgan fingerprint density at radius 1 is 1.32 bits per heavy atom. The molecule has 0 saturated heterocycles. The van der Waals surface area contributed by atoms with E-state index < -0.39 is 28.3 Å². The van der Waals surface area contributed by atoms with Crippen LogP contribution < -0.4 is 10.2 Å². The molecule has 0 aliphatic rings. The van der Waals surface area contributed by atoms with Crippen molar-refractivity contribution >= 4 is 28.4 Å². The van der Waals surface area contributed by atoms with Crippen LogP contribution in [0.2, 0.25) is 0 Å². The summed E-state index contributed by atoms with van der Waals surface area (Å²) in [5.41, 5.74) is -2.40. The van der Waals surface area contributed by atoms with Crippen LogP contribution in [0.15, 0.2) is 22.0 Å². The van der Waals surface area contributed by atoms with Gasteiger partial charge in [0.25, 0.3) is 0 Å². The minimum absolute atomic E-state index is 0.0725. The van der Waals surface area contributed by atoms with E-state index in [1.165, 1.54) is 7.11 Å². The standard InChI is InChI=1S/C14H12F3NO3S/c1-6(19)9-12(20)10-7(14(15,16)17)4-5-8(21-2)11(10)18-13(9)22-3/h4-5H,1-3H3,(H,18,20). The number of pyridine rings is 1. The maximum Gasteiger partial charge on any atom is 0.417 e. The summed E-state index contributed by atoms with van der Waals surface area (Å²) in [4.78, 5) is 26.9. The molecule has 0 bridgehead atoms. The monoisotopic (exact) mass is 331 g/mol. The first-order valence-corrected chi connectivity index (χ1v) is 7.34. The number of benzene rings is 1. The summed E-state index contributed by atoms with van der Waals surface area (Å²) in [5.74, 6) is -0.492. The lowest BCUT2D eigenvalue weighted by Crippen LogP contribution is -2.20. The van der Waals surface area contributed by atoms with Gasteiger partial charge in [-0.15, -0.1) is 11.8 Å². The molecule has 4 nitrogen and oxygen atoms in total. The summed E-state index contributed by atoms with van der Waals surface area (Å²) in [5, 5.41) is -0.377. The highest BCUT2D eigenvalue weighted by Crippen LogP contribution is 2.37. The van der Waals surface area contributed by atoms with Crippen LogP contribution >= 0.6 is 11.8 Å². The van der Waals surface area contributed by atoms with Gasteiger partial charge in [0, 0.05) is 0 Å². The Morgan fingerprint density at radius 3 is 2.41 bits per heavy atom. The van der Waals surface area contributed by atoms with Gasteiger partial charge < -0.3 is 9.72 Å². The van der Waals surface area contributed by atoms with E-state index in [9.17, 15) is 22.8 Å². The molecule has 2 rings (SSSR count). The first-order chi connectivity index (χ1) is 10.2. The predicted molar refractivity (Wildman–Crippen MR) is 77.9 cm³/mol. The third-order valence-corrected chi connectivity index (χ3v) is 3.88. The SMILES string of the molecule is COc1ccc(C(F)(F)F)c2c(=O)c(C(C)=O)c(SC)[nH]c12. The number of alkyl halides is 3. The lowest BCUT2D eigenvalue weighted by atomic mass is 10.0. The molecular formula is C14H12F3NO3S. The van der Waals surface area contributed by atoms with Crippen molar-refractivity contribution in [2.45, 2.75) is 18.1 Å². The van der Waals surface area contributed by atoms with E-state index >= 15 is 0 Å². The van der Waals surface area contributed by atoms with Crippen LogP contribution in [0.3, 0.4) is 0 Å². The van der Waals surface area contributed by atoms with Crippen LogP contribution in [0, 0.1) is 0 Å². The fourth-order valence-corrected chi connectivity index (χ4v) is 2.87. The second-order valence-electron chi connectivity index (χ2n) is 4.48. The van der Waals surface area contributed by atoms with Gasteiger partial charge in [-0.3, -0.25) is 9.59 Å². The third-order valence-electron chi connectivity index (χ3n) is 3.17. The van der Waals surface area contributed by atoms with Crippen molar-refractivity contribution in [2.24, 2.45) is 0 Å². The topological polar surface area (TPSA) is 59.2 Å². The molecule has 0 amide bonds. The first-order valence-electron chi connectivity index (χ1n) is 6.11. The number of carbonyl (C=O) groups is 1. The van der Waals surface area contributed by atoms with Gasteiger partial charge in [-0.1, -0.05) is 0 Å². The maximum absolute atomic E-state index is 13.2. The van der Waals surface area contributed by atoms with Crippen molar-refractivity contribution in [1.82, 2.24) is 4.98 Å². The quantitative estimate of drug-likeness (QED) is 0.691. The minimum Gasteiger partial charge on any atom is -0.495 e. The Morgan fingerprint density at radius 2 is 1.95 bits per heavy atom. The average molecular weight is 331 g/mol. The molecular weight excluding hydrogens is 319 g/mol. The van der Waals surface area contributed by atoms with Crippen molar-refractivity contribution in [3.63, 3.8) is 0 Å². The molecule has 0 atom stereocenters. The number of Topliss-reactive ketones (excluding diaryl/α,β-unsaturated/α-hetero) is 1. The lowest BCUT2D eigenvalue weighted by molar-refractivity contribution is -0.136. The number of hydrogen-bond acceptors (Lipinski definition) is 4. The number of nitrogens with one attached hydrogen (secondary N) is 1. The zero-order valence-corrected chi connectivity index (χ0v) is 12.7. The van der Waals surface area contributed by atoms with E-state index in [1.807, 2.05) is 0 Å². The number of carbonyl (C=O) groups excluding carboxylic acids is 1. The Kier molecular flexibility index (Phi) is 4.23. The van der Waals surface area contributed by atoms with Crippen LogP contribution in [0.5, 0.6) is 5.75 Å².